The highest BCUT2D eigenvalue weighted by molar-refractivity contribution is 8.00. The van der Waals surface area contributed by atoms with Gasteiger partial charge in [0.2, 0.25) is 0 Å². The largest absolute Gasteiger partial charge is 0.452 e. The second-order valence-corrected chi connectivity index (χ2v) is 6.95. The number of thioether (sulfide) groups is 1. The Balaban J connectivity index is 1.52. The molecular weight excluding hydrogens is 365 g/mol. The number of anilines is 1. The molecule has 3 aromatic carbocycles. The molecular formula is C21H18FNO3S. The SMILES string of the molecule is C[C@H](OC(=O)CSc1ccc2ccccc2c1)C(=O)Nc1ccccc1F. The molecule has 1 N–H and O–H groups in total. The number of fused-ring (bicyclic) bond motifs is 1. The van der Waals surface area contributed by atoms with Crippen LogP contribution in [0.25, 0.3) is 10.8 Å². The molecule has 0 spiro atoms. The predicted molar refractivity (Wildman–Crippen MR) is 105 cm³/mol. The fourth-order valence-corrected chi connectivity index (χ4v) is 3.21. The fourth-order valence-electron chi connectivity index (χ4n) is 2.48. The first kappa shape index (κ1) is 18.9. The molecule has 0 heterocycles. The van der Waals surface area contributed by atoms with Gasteiger partial charge in [-0.15, -0.1) is 11.8 Å². The zero-order valence-corrected chi connectivity index (χ0v) is 15.5. The molecule has 0 aromatic heterocycles. The summed E-state index contributed by atoms with van der Waals surface area (Å²) >= 11 is 1.34. The number of amides is 1. The van der Waals surface area contributed by atoms with E-state index in [1.54, 1.807) is 6.07 Å². The molecule has 27 heavy (non-hydrogen) atoms. The van der Waals surface area contributed by atoms with E-state index >= 15 is 0 Å². The van der Waals surface area contributed by atoms with Crippen molar-refractivity contribution < 1.29 is 18.7 Å². The molecule has 4 nitrogen and oxygen atoms in total. The van der Waals surface area contributed by atoms with Crippen molar-refractivity contribution in [3.63, 3.8) is 0 Å². The lowest BCUT2D eigenvalue weighted by molar-refractivity contribution is -0.150. The van der Waals surface area contributed by atoms with Crippen LogP contribution in [0.15, 0.2) is 71.6 Å². The van der Waals surface area contributed by atoms with Gasteiger partial charge in [-0.3, -0.25) is 9.59 Å². The van der Waals surface area contributed by atoms with Crippen molar-refractivity contribution in [2.24, 2.45) is 0 Å². The van der Waals surface area contributed by atoms with E-state index in [2.05, 4.69) is 5.32 Å². The molecule has 0 radical (unpaired) electrons. The predicted octanol–water partition coefficient (Wildman–Crippen LogP) is 4.64. The lowest BCUT2D eigenvalue weighted by atomic mass is 10.1. The van der Waals surface area contributed by atoms with Crippen molar-refractivity contribution in [2.75, 3.05) is 11.1 Å². The van der Waals surface area contributed by atoms with E-state index in [4.69, 9.17) is 4.74 Å². The van der Waals surface area contributed by atoms with Gasteiger partial charge in [0.05, 0.1) is 11.4 Å². The Labute approximate surface area is 160 Å². The third kappa shape index (κ3) is 5.08. The molecule has 1 amide bonds. The van der Waals surface area contributed by atoms with E-state index in [0.29, 0.717) is 0 Å². The Morgan fingerprint density at radius 3 is 2.52 bits per heavy atom. The third-order valence-corrected chi connectivity index (χ3v) is 4.85. The van der Waals surface area contributed by atoms with Crippen LogP contribution in [0.1, 0.15) is 6.92 Å². The minimum atomic E-state index is -1.02. The average Bonchev–Trinajstić information content (AvgIpc) is 2.68. The summed E-state index contributed by atoms with van der Waals surface area (Å²) in [5.74, 6) is -1.56. The molecule has 0 aliphatic heterocycles. The number of carbonyl (C=O) groups excluding carboxylic acids is 2. The van der Waals surface area contributed by atoms with Gasteiger partial charge in [-0.1, -0.05) is 42.5 Å². The minimum absolute atomic E-state index is 0.0518. The Bertz CT molecular complexity index is 976. The number of ether oxygens (including phenoxy) is 1. The van der Waals surface area contributed by atoms with Gasteiger partial charge < -0.3 is 10.1 Å². The number of benzene rings is 3. The van der Waals surface area contributed by atoms with Crippen LogP contribution in [0, 0.1) is 5.82 Å². The summed E-state index contributed by atoms with van der Waals surface area (Å²) in [6.45, 7) is 1.45. The maximum absolute atomic E-state index is 13.6. The Kier molecular flexibility index (Phi) is 6.08. The molecule has 0 saturated heterocycles. The molecule has 0 saturated carbocycles. The maximum Gasteiger partial charge on any atom is 0.317 e. The van der Waals surface area contributed by atoms with Crippen molar-refractivity contribution in [2.45, 2.75) is 17.9 Å². The highest BCUT2D eigenvalue weighted by Crippen LogP contribution is 2.23. The summed E-state index contributed by atoms with van der Waals surface area (Å²) in [6.07, 6.45) is -1.02. The van der Waals surface area contributed by atoms with Gasteiger partial charge in [-0.05, 0) is 42.0 Å². The van der Waals surface area contributed by atoms with Crippen LogP contribution in [-0.2, 0) is 14.3 Å². The number of para-hydroxylation sites is 1. The normalized spacial score (nSPS) is 11.8. The van der Waals surface area contributed by atoms with Crippen LogP contribution >= 0.6 is 11.8 Å². The van der Waals surface area contributed by atoms with Crippen LogP contribution in [0.5, 0.6) is 0 Å². The number of esters is 1. The summed E-state index contributed by atoms with van der Waals surface area (Å²) in [5, 5.41) is 4.63. The molecule has 6 heteroatoms. The van der Waals surface area contributed by atoms with E-state index in [1.165, 1.54) is 36.9 Å². The van der Waals surface area contributed by atoms with Crippen LogP contribution in [0.3, 0.4) is 0 Å². The first-order valence-corrected chi connectivity index (χ1v) is 9.38. The second-order valence-electron chi connectivity index (χ2n) is 5.90. The molecule has 0 bridgehead atoms. The average molecular weight is 383 g/mol. The molecule has 0 aliphatic rings. The summed E-state index contributed by atoms with van der Waals surface area (Å²) in [4.78, 5) is 25.0. The summed E-state index contributed by atoms with van der Waals surface area (Å²) in [5.41, 5.74) is 0.0518. The smallest absolute Gasteiger partial charge is 0.317 e. The molecule has 138 valence electrons. The van der Waals surface area contributed by atoms with Gasteiger partial charge in [0.15, 0.2) is 6.10 Å². The Morgan fingerprint density at radius 1 is 1.04 bits per heavy atom. The van der Waals surface area contributed by atoms with E-state index in [0.717, 1.165) is 15.7 Å². The van der Waals surface area contributed by atoms with E-state index in [1.807, 2.05) is 42.5 Å². The molecule has 0 unspecified atom stereocenters. The molecule has 3 rings (SSSR count). The van der Waals surface area contributed by atoms with Crippen LogP contribution in [0.2, 0.25) is 0 Å². The first-order valence-electron chi connectivity index (χ1n) is 8.39. The number of hydrogen-bond acceptors (Lipinski definition) is 4. The van der Waals surface area contributed by atoms with Gasteiger partial charge in [-0.25, -0.2) is 4.39 Å². The van der Waals surface area contributed by atoms with E-state index < -0.39 is 23.8 Å². The Morgan fingerprint density at radius 2 is 1.74 bits per heavy atom. The monoisotopic (exact) mass is 383 g/mol. The van der Waals surface area contributed by atoms with Crippen molar-refractivity contribution >= 4 is 40.1 Å². The minimum Gasteiger partial charge on any atom is -0.452 e. The number of halogens is 1. The number of nitrogens with one attached hydrogen (secondary N) is 1. The zero-order chi connectivity index (χ0) is 19.2. The van der Waals surface area contributed by atoms with E-state index in [-0.39, 0.29) is 11.4 Å². The maximum atomic E-state index is 13.6. The summed E-state index contributed by atoms with van der Waals surface area (Å²) in [6, 6.07) is 19.7. The third-order valence-electron chi connectivity index (χ3n) is 3.89. The highest BCUT2D eigenvalue weighted by Gasteiger charge is 2.19. The second kappa shape index (κ2) is 8.68. The molecule has 3 aromatic rings. The summed E-state index contributed by atoms with van der Waals surface area (Å²) < 4.78 is 18.7. The van der Waals surface area contributed by atoms with Crippen molar-refractivity contribution in [3.8, 4) is 0 Å². The molecule has 0 fully saturated rings. The van der Waals surface area contributed by atoms with Crippen LogP contribution in [0.4, 0.5) is 10.1 Å². The van der Waals surface area contributed by atoms with Crippen LogP contribution < -0.4 is 5.32 Å². The van der Waals surface area contributed by atoms with Crippen molar-refractivity contribution in [3.05, 3.63) is 72.5 Å². The molecule has 1 atom stereocenters. The van der Waals surface area contributed by atoms with Crippen LogP contribution in [-0.4, -0.2) is 23.7 Å². The summed E-state index contributed by atoms with van der Waals surface area (Å²) in [7, 11) is 0. The lowest BCUT2D eigenvalue weighted by Gasteiger charge is -2.14. The van der Waals surface area contributed by atoms with Gasteiger partial charge in [0.1, 0.15) is 5.82 Å². The Hall–Kier alpha value is -2.86. The van der Waals surface area contributed by atoms with Gasteiger partial charge in [0.25, 0.3) is 5.91 Å². The number of carbonyl (C=O) groups is 2. The zero-order valence-electron chi connectivity index (χ0n) is 14.6. The van der Waals surface area contributed by atoms with Gasteiger partial charge in [-0.2, -0.15) is 0 Å². The lowest BCUT2D eigenvalue weighted by Crippen LogP contribution is -2.30. The van der Waals surface area contributed by atoms with E-state index in [9.17, 15) is 14.0 Å². The number of rotatable bonds is 6. The van der Waals surface area contributed by atoms with Crippen molar-refractivity contribution in [1.82, 2.24) is 0 Å². The topological polar surface area (TPSA) is 55.4 Å². The first-order chi connectivity index (χ1) is 13.0. The fraction of sp³-hybridized carbons (Fsp3) is 0.143. The molecule has 0 aliphatic carbocycles. The number of hydrogen-bond donors (Lipinski definition) is 1. The quantitative estimate of drug-likeness (QED) is 0.498. The highest BCUT2D eigenvalue weighted by atomic mass is 32.2. The standard InChI is InChI=1S/C21H18FNO3S/c1-14(21(25)23-19-9-5-4-8-18(19)22)26-20(24)13-27-17-11-10-15-6-2-3-7-16(15)12-17/h2-12,14H,13H2,1H3,(H,23,25)/t14-/m0/s1. The van der Waals surface area contributed by atoms with Gasteiger partial charge in [0, 0.05) is 4.90 Å². The van der Waals surface area contributed by atoms with Gasteiger partial charge >= 0.3 is 5.97 Å². The van der Waals surface area contributed by atoms with Crippen molar-refractivity contribution in [1.29, 1.82) is 0 Å².